The van der Waals surface area contributed by atoms with Crippen molar-refractivity contribution < 1.29 is 37.7 Å². The van der Waals surface area contributed by atoms with Crippen LogP contribution in [0.1, 0.15) is 114 Å². The van der Waals surface area contributed by atoms with Gasteiger partial charge in [0.1, 0.15) is 12.3 Å². The van der Waals surface area contributed by atoms with Gasteiger partial charge in [-0.25, -0.2) is 9.09 Å². The molecule has 10 heteroatoms. The van der Waals surface area contributed by atoms with Gasteiger partial charge in [-0.3, -0.25) is 9.59 Å². The van der Waals surface area contributed by atoms with E-state index in [9.17, 15) is 23.9 Å². The molecular formula is C29H52N2O7P+. The molecule has 224 valence electrons. The highest BCUT2D eigenvalue weighted by atomic mass is 31.2. The van der Waals surface area contributed by atoms with Crippen LogP contribution in [-0.4, -0.2) is 59.9 Å². The monoisotopic (exact) mass is 571 g/mol. The van der Waals surface area contributed by atoms with Gasteiger partial charge in [-0.05, 0) is 31.5 Å². The van der Waals surface area contributed by atoms with Crippen LogP contribution in [-0.2, 0) is 13.9 Å². The van der Waals surface area contributed by atoms with Crippen LogP contribution in [0, 0.1) is 0 Å². The zero-order chi connectivity index (χ0) is 29.3. The van der Waals surface area contributed by atoms with Gasteiger partial charge in [0.15, 0.2) is 5.78 Å². The number of anilines is 1. The topological polar surface area (TPSA) is 122 Å². The summed E-state index contributed by atoms with van der Waals surface area (Å²) in [6.07, 6.45) is 15.3. The van der Waals surface area contributed by atoms with E-state index in [0.717, 1.165) is 19.3 Å². The number of hydrogen-bond acceptors (Lipinski definition) is 5. The first-order valence-electron chi connectivity index (χ1n) is 14.5. The molecule has 1 atom stereocenters. The Morgan fingerprint density at radius 1 is 0.897 bits per heavy atom. The number of amides is 1. The Balaban J connectivity index is 2.46. The summed E-state index contributed by atoms with van der Waals surface area (Å²) in [5, 5.41) is 2.83. The first-order valence-corrected chi connectivity index (χ1v) is 16.0. The van der Waals surface area contributed by atoms with Crippen LogP contribution in [0.5, 0.6) is 5.75 Å². The fourth-order valence-corrected chi connectivity index (χ4v) is 4.76. The lowest BCUT2D eigenvalue weighted by Gasteiger charge is -2.29. The van der Waals surface area contributed by atoms with E-state index in [1.54, 1.807) is 6.07 Å². The standard InChI is InChI=1S/C29H51N2O7P/c1-6-7-8-9-10-11-12-13-14-15-16-17-18-19-28(33)30-25-20-21-27(26(22-25)24(2)32)37-29(23-31(3,4)5)38-39(34,35)36/h20-22,29H,6-19,23H2,1-5H3,(H2-,30,33,34,35,36)/p+1. The third kappa shape index (κ3) is 18.2. The summed E-state index contributed by atoms with van der Waals surface area (Å²) in [6.45, 7) is 3.73. The van der Waals surface area contributed by atoms with Crippen molar-refractivity contribution in [1.29, 1.82) is 0 Å². The predicted octanol–water partition coefficient (Wildman–Crippen LogP) is 6.83. The Labute approximate surface area is 235 Å². The molecular weight excluding hydrogens is 519 g/mol. The molecule has 1 rings (SSSR count). The molecule has 0 saturated carbocycles. The number of benzene rings is 1. The molecule has 9 nitrogen and oxygen atoms in total. The zero-order valence-corrected chi connectivity index (χ0v) is 25.6. The van der Waals surface area contributed by atoms with Gasteiger partial charge in [-0.1, -0.05) is 84.0 Å². The summed E-state index contributed by atoms with van der Waals surface area (Å²) in [5.74, 6) is -0.296. The molecule has 39 heavy (non-hydrogen) atoms. The number of nitrogens with one attached hydrogen (secondary N) is 1. The molecule has 0 aliphatic rings. The molecule has 0 aliphatic heterocycles. The Bertz CT molecular complexity index is 911. The van der Waals surface area contributed by atoms with Crippen molar-refractivity contribution in [2.45, 2.75) is 110 Å². The minimum atomic E-state index is -4.82. The highest BCUT2D eigenvalue weighted by Crippen LogP contribution is 2.39. The highest BCUT2D eigenvalue weighted by molar-refractivity contribution is 7.46. The van der Waals surface area contributed by atoms with E-state index in [0.29, 0.717) is 16.6 Å². The van der Waals surface area contributed by atoms with Crippen LogP contribution in [0.4, 0.5) is 5.69 Å². The minimum Gasteiger partial charge on any atom is -0.457 e. The maximum absolute atomic E-state index is 12.4. The maximum Gasteiger partial charge on any atom is 0.472 e. The highest BCUT2D eigenvalue weighted by Gasteiger charge is 2.29. The normalized spacial score (nSPS) is 12.8. The number of quaternary nitrogens is 1. The van der Waals surface area contributed by atoms with E-state index in [1.807, 2.05) is 21.1 Å². The average molecular weight is 572 g/mol. The predicted molar refractivity (Wildman–Crippen MR) is 156 cm³/mol. The van der Waals surface area contributed by atoms with Crippen LogP contribution in [0.15, 0.2) is 18.2 Å². The molecule has 1 aromatic carbocycles. The summed E-state index contributed by atoms with van der Waals surface area (Å²) < 4.78 is 22.2. The van der Waals surface area contributed by atoms with E-state index in [4.69, 9.17) is 9.26 Å². The van der Waals surface area contributed by atoms with Crippen LogP contribution >= 0.6 is 7.82 Å². The number of carbonyl (C=O) groups is 2. The molecule has 0 radical (unpaired) electrons. The summed E-state index contributed by atoms with van der Waals surface area (Å²) >= 11 is 0. The molecule has 0 spiro atoms. The fraction of sp³-hybridized carbons (Fsp3) is 0.724. The molecule has 3 N–H and O–H groups in total. The molecule has 0 saturated heterocycles. The van der Waals surface area contributed by atoms with E-state index >= 15 is 0 Å². The van der Waals surface area contributed by atoms with Gasteiger partial charge in [-0.15, -0.1) is 0 Å². The number of carbonyl (C=O) groups excluding carboxylic acids is 2. The van der Waals surface area contributed by atoms with Crippen molar-refractivity contribution in [3.8, 4) is 5.75 Å². The van der Waals surface area contributed by atoms with Gasteiger partial charge in [0.05, 0.1) is 26.7 Å². The Morgan fingerprint density at radius 3 is 1.87 bits per heavy atom. The minimum absolute atomic E-state index is 0.117. The summed E-state index contributed by atoms with van der Waals surface area (Å²) in [7, 11) is 0.643. The molecule has 0 fully saturated rings. The van der Waals surface area contributed by atoms with Crippen molar-refractivity contribution in [2.75, 3.05) is 33.0 Å². The Morgan fingerprint density at radius 2 is 1.41 bits per heavy atom. The number of hydrogen-bond donors (Lipinski definition) is 3. The number of nitrogens with zero attached hydrogens (tertiary/aromatic N) is 1. The fourth-order valence-electron chi connectivity index (χ4n) is 4.35. The number of unbranched alkanes of at least 4 members (excludes halogenated alkanes) is 12. The molecule has 1 unspecified atom stereocenters. The number of rotatable bonds is 22. The Hall–Kier alpha value is -1.77. The van der Waals surface area contributed by atoms with Crippen LogP contribution in [0.2, 0.25) is 0 Å². The van der Waals surface area contributed by atoms with Gasteiger partial charge >= 0.3 is 7.82 Å². The van der Waals surface area contributed by atoms with E-state index < -0.39 is 14.1 Å². The molecule has 1 aromatic rings. The number of ether oxygens (including phenoxy) is 1. The van der Waals surface area contributed by atoms with E-state index in [-0.39, 0.29) is 29.5 Å². The van der Waals surface area contributed by atoms with E-state index in [2.05, 4.69) is 12.2 Å². The lowest BCUT2D eigenvalue weighted by molar-refractivity contribution is -0.875. The Kier molecular flexibility index (Phi) is 16.8. The van der Waals surface area contributed by atoms with Crippen molar-refractivity contribution in [2.24, 2.45) is 0 Å². The molecule has 0 aromatic heterocycles. The zero-order valence-electron chi connectivity index (χ0n) is 24.7. The smallest absolute Gasteiger partial charge is 0.457 e. The van der Waals surface area contributed by atoms with Gasteiger partial charge in [0.2, 0.25) is 5.91 Å². The second-order valence-electron chi connectivity index (χ2n) is 11.4. The molecule has 0 aliphatic carbocycles. The first kappa shape index (κ1) is 35.3. The van der Waals surface area contributed by atoms with Crippen molar-refractivity contribution in [3.05, 3.63) is 23.8 Å². The van der Waals surface area contributed by atoms with Crippen molar-refractivity contribution >= 4 is 25.2 Å². The van der Waals surface area contributed by atoms with Crippen LogP contribution in [0.25, 0.3) is 0 Å². The summed E-state index contributed by atoms with van der Waals surface area (Å²) in [6, 6.07) is 4.62. The molecule has 0 bridgehead atoms. The molecule has 0 heterocycles. The van der Waals surface area contributed by atoms with Gasteiger partial charge in [-0.2, -0.15) is 0 Å². The third-order valence-corrected chi connectivity index (χ3v) is 6.87. The van der Waals surface area contributed by atoms with Gasteiger partial charge < -0.3 is 24.3 Å². The SMILES string of the molecule is CCCCCCCCCCCCCCCC(=O)Nc1ccc(OC(C[N+](C)(C)C)OP(=O)(O)O)c(C(C)=O)c1. The quantitative estimate of drug-likeness (QED) is 0.0458. The number of likely N-dealkylation sites (N-methyl/N-ethyl adjacent to an activating group) is 1. The summed E-state index contributed by atoms with van der Waals surface area (Å²) in [4.78, 5) is 43.2. The summed E-state index contributed by atoms with van der Waals surface area (Å²) in [5.41, 5.74) is 0.654. The second kappa shape index (κ2) is 18.6. The first-order chi connectivity index (χ1) is 18.3. The lowest BCUT2D eigenvalue weighted by atomic mass is 10.0. The lowest BCUT2D eigenvalue weighted by Crippen LogP contribution is -2.44. The average Bonchev–Trinajstić information content (AvgIpc) is 2.80. The third-order valence-electron chi connectivity index (χ3n) is 6.36. The van der Waals surface area contributed by atoms with Gasteiger partial charge in [0.25, 0.3) is 6.29 Å². The number of phosphoric acid groups is 1. The largest absolute Gasteiger partial charge is 0.472 e. The van der Waals surface area contributed by atoms with Crippen LogP contribution in [0.3, 0.4) is 0 Å². The van der Waals surface area contributed by atoms with Crippen molar-refractivity contribution in [1.82, 2.24) is 0 Å². The number of ketones is 1. The van der Waals surface area contributed by atoms with E-state index in [1.165, 1.54) is 83.3 Å². The van der Waals surface area contributed by atoms with Crippen molar-refractivity contribution in [3.63, 3.8) is 0 Å². The molecule has 1 amide bonds. The number of phosphoric ester groups is 1. The number of Topliss-reactive ketones (excluding diaryl/α,β-unsaturated/α-hetero) is 1. The maximum atomic E-state index is 12.4. The van der Waals surface area contributed by atoms with Gasteiger partial charge in [0, 0.05) is 12.1 Å². The second-order valence-corrected chi connectivity index (χ2v) is 12.6. The van der Waals surface area contributed by atoms with Crippen LogP contribution < -0.4 is 10.1 Å².